The Morgan fingerprint density at radius 2 is 1.79 bits per heavy atom. The van der Waals surface area contributed by atoms with Gasteiger partial charge in [-0.25, -0.2) is 8.42 Å². The Kier molecular flexibility index (Phi) is 7.05. The molecule has 0 aliphatic rings. The molecule has 0 amide bonds. The molecule has 0 bridgehead atoms. The van der Waals surface area contributed by atoms with Crippen LogP contribution in [0.1, 0.15) is 13.8 Å². The van der Waals surface area contributed by atoms with Crippen LogP contribution in [0, 0.1) is 0 Å². The smallest absolute Gasteiger partial charge is 0.179 e. The molecule has 5 heteroatoms. The summed E-state index contributed by atoms with van der Waals surface area (Å²) in [7, 11) is -3.16. The number of hydrogen-bond acceptors (Lipinski definition) is 4. The molecule has 0 fully saturated rings. The Morgan fingerprint density at radius 1 is 1.11 bits per heavy atom. The molecule has 0 aliphatic heterocycles. The van der Waals surface area contributed by atoms with Crippen LogP contribution in [0.15, 0.2) is 35.2 Å². The fraction of sp³-hybridized carbons (Fsp3) is 0.571. The van der Waals surface area contributed by atoms with Crippen molar-refractivity contribution in [1.29, 1.82) is 0 Å². The maximum atomic E-state index is 12.1. The normalized spacial score (nSPS) is 11.9. The number of nitrogens with zero attached hydrogens (tertiary/aromatic N) is 1. The minimum Gasteiger partial charge on any atom is -0.316 e. The van der Waals surface area contributed by atoms with Crippen molar-refractivity contribution in [3.63, 3.8) is 0 Å². The minimum atomic E-state index is -3.16. The lowest BCUT2D eigenvalue weighted by atomic mass is 10.4. The maximum Gasteiger partial charge on any atom is 0.179 e. The molecule has 0 radical (unpaired) electrons. The molecule has 0 spiro atoms. The van der Waals surface area contributed by atoms with Gasteiger partial charge in [-0.15, -0.1) is 0 Å². The van der Waals surface area contributed by atoms with E-state index in [1.54, 1.807) is 24.3 Å². The van der Waals surface area contributed by atoms with Gasteiger partial charge in [0, 0.05) is 19.6 Å². The van der Waals surface area contributed by atoms with E-state index in [9.17, 15) is 8.42 Å². The molecule has 1 N–H and O–H groups in total. The van der Waals surface area contributed by atoms with Crippen molar-refractivity contribution < 1.29 is 8.42 Å². The summed E-state index contributed by atoms with van der Waals surface area (Å²) in [5.74, 6) is 0.178. The van der Waals surface area contributed by atoms with Crippen LogP contribution in [0.5, 0.6) is 0 Å². The molecule has 108 valence electrons. The van der Waals surface area contributed by atoms with Crippen LogP contribution >= 0.6 is 0 Å². The zero-order chi connectivity index (χ0) is 14.1. The third-order valence-electron chi connectivity index (χ3n) is 3.08. The fourth-order valence-corrected chi connectivity index (χ4v) is 3.14. The molecule has 0 saturated heterocycles. The van der Waals surface area contributed by atoms with E-state index in [2.05, 4.69) is 24.1 Å². The largest absolute Gasteiger partial charge is 0.316 e. The van der Waals surface area contributed by atoms with Crippen LogP contribution < -0.4 is 5.32 Å². The van der Waals surface area contributed by atoms with Gasteiger partial charge in [-0.05, 0) is 25.2 Å². The van der Waals surface area contributed by atoms with Gasteiger partial charge < -0.3 is 10.2 Å². The molecule has 19 heavy (non-hydrogen) atoms. The van der Waals surface area contributed by atoms with Gasteiger partial charge in [-0.3, -0.25) is 0 Å². The molecule has 0 aliphatic carbocycles. The standard InChI is InChI=1S/C14H24N2O2S/c1-3-15-10-11-16(4-2)12-13-19(17,18)14-8-6-5-7-9-14/h5-9,15H,3-4,10-13H2,1-2H3. The second-order valence-electron chi connectivity index (χ2n) is 4.42. The Labute approximate surface area is 116 Å². The lowest BCUT2D eigenvalue weighted by molar-refractivity contribution is 0.304. The fourth-order valence-electron chi connectivity index (χ4n) is 1.84. The predicted octanol–water partition coefficient (Wildman–Crippen LogP) is 1.39. The monoisotopic (exact) mass is 284 g/mol. The second kappa shape index (κ2) is 8.30. The zero-order valence-corrected chi connectivity index (χ0v) is 12.6. The minimum absolute atomic E-state index is 0.178. The van der Waals surface area contributed by atoms with Crippen molar-refractivity contribution in [2.45, 2.75) is 18.7 Å². The topological polar surface area (TPSA) is 49.4 Å². The Balaban J connectivity index is 2.50. The first-order valence-corrected chi connectivity index (χ1v) is 8.46. The number of rotatable bonds is 9. The molecule has 1 aromatic rings. The van der Waals surface area contributed by atoms with Gasteiger partial charge in [0.05, 0.1) is 10.6 Å². The van der Waals surface area contributed by atoms with E-state index < -0.39 is 9.84 Å². The van der Waals surface area contributed by atoms with E-state index in [0.717, 1.165) is 26.2 Å². The van der Waals surface area contributed by atoms with E-state index in [-0.39, 0.29) is 5.75 Å². The quantitative estimate of drug-likeness (QED) is 0.696. The number of likely N-dealkylation sites (N-methyl/N-ethyl adjacent to an activating group) is 2. The number of nitrogens with one attached hydrogen (secondary N) is 1. The van der Waals surface area contributed by atoms with E-state index >= 15 is 0 Å². The molecule has 0 atom stereocenters. The molecule has 0 unspecified atom stereocenters. The van der Waals surface area contributed by atoms with Crippen LogP contribution in [0.2, 0.25) is 0 Å². The first kappa shape index (κ1) is 16.1. The van der Waals surface area contributed by atoms with Crippen LogP contribution in [0.4, 0.5) is 0 Å². The summed E-state index contributed by atoms with van der Waals surface area (Å²) in [6, 6.07) is 8.66. The van der Waals surface area contributed by atoms with Crippen molar-refractivity contribution in [3.8, 4) is 0 Å². The Hall–Kier alpha value is -0.910. The van der Waals surface area contributed by atoms with E-state index in [4.69, 9.17) is 0 Å². The number of hydrogen-bond donors (Lipinski definition) is 1. The Morgan fingerprint density at radius 3 is 2.37 bits per heavy atom. The average Bonchev–Trinajstić information content (AvgIpc) is 2.43. The first-order chi connectivity index (χ1) is 9.10. The summed E-state index contributed by atoms with van der Waals surface area (Å²) < 4.78 is 24.3. The van der Waals surface area contributed by atoms with Gasteiger partial charge in [0.1, 0.15) is 0 Å². The molecule has 1 rings (SSSR count). The van der Waals surface area contributed by atoms with Crippen LogP contribution in [-0.2, 0) is 9.84 Å². The molecule has 0 saturated carbocycles. The molecule has 0 heterocycles. The van der Waals surface area contributed by atoms with Crippen molar-refractivity contribution in [3.05, 3.63) is 30.3 Å². The van der Waals surface area contributed by atoms with Crippen LogP contribution in [0.25, 0.3) is 0 Å². The zero-order valence-electron chi connectivity index (χ0n) is 11.8. The maximum absolute atomic E-state index is 12.1. The van der Waals surface area contributed by atoms with Gasteiger partial charge in [0.25, 0.3) is 0 Å². The van der Waals surface area contributed by atoms with Crippen molar-refractivity contribution >= 4 is 9.84 Å². The van der Waals surface area contributed by atoms with Crippen LogP contribution in [0.3, 0.4) is 0 Å². The van der Waals surface area contributed by atoms with Gasteiger partial charge in [-0.1, -0.05) is 32.0 Å². The van der Waals surface area contributed by atoms with E-state index in [1.165, 1.54) is 0 Å². The first-order valence-electron chi connectivity index (χ1n) is 6.81. The highest BCUT2D eigenvalue weighted by atomic mass is 32.2. The molecular formula is C14H24N2O2S. The summed E-state index contributed by atoms with van der Waals surface area (Å²) in [5, 5.41) is 3.25. The summed E-state index contributed by atoms with van der Waals surface area (Å²) in [6.45, 7) is 8.30. The molecular weight excluding hydrogens is 260 g/mol. The van der Waals surface area contributed by atoms with Gasteiger partial charge in [-0.2, -0.15) is 0 Å². The summed E-state index contributed by atoms with van der Waals surface area (Å²) in [6.07, 6.45) is 0. The lowest BCUT2D eigenvalue weighted by Crippen LogP contribution is -2.35. The third kappa shape index (κ3) is 5.72. The average molecular weight is 284 g/mol. The predicted molar refractivity (Wildman–Crippen MR) is 79.2 cm³/mol. The van der Waals surface area contributed by atoms with Crippen molar-refractivity contribution in [1.82, 2.24) is 10.2 Å². The van der Waals surface area contributed by atoms with Gasteiger partial charge >= 0.3 is 0 Å². The highest BCUT2D eigenvalue weighted by Crippen LogP contribution is 2.10. The number of sulfone groups is 1. The van der Waals surface area contributed by atoms with E-state index in [0.29, 0.717) is 11.4 Å². The molecule has 4 nitrogen and oxygen atoms in total. The van der Waals surface area contributed by atoms with Gasteiger partial charge in [0.2, 0.25) is 0 Å². The molecule has 0 aromatic heterocycles. The van der Waals surface area contributed by atoms with Crippen molar-refractivity contribution in [2.24, 2.45) is 0 Å². The van der Waals surface area contributed by atoms with Crippen LogP contribution in [-0.4, -0.2) is 51.8 Å². The van der Waals surface area contributed by atoms with Gasteiger partial charge in [0.15, 0.2) is 9.84 Å². The van der Waals surface area contributed by atoms with Crippen molar-refractivity contribution in [2.75, 3.05) is 38.5 Å². The van der Waals surface area contributed by atoms with E-state index in [1.807, 2.05) is 6.07 Å². The lowest BCUT2D eigenvalue weighted by Gasteiger charge is -2.20. The third-order valence-corrected chi connectivity index (χ3v) is 4.79. The summed E-state index contributed by atoms with van der Waals surface area (Å²) in [4.78, 5) is 2.57. The summed E-state index contributed by atoms with van der Waals surface area (Å²) >= 11 is 0. The highest BCUT2D eigenvalue weighted by Gasteiger charge is 2.15. The Bertz CT molecular complexity index is 446. The number of benzene rings is 1. The second-order valence-corrected chi connectivity index (χ2v) is 6.53. The summed E-state index contributed by atoms with van der Waals surface area (Å²) in [5.41, 5.74) is 0. The molecule has 1 aromatic carbocycles. The highest BCUT2D eigenvalue weighted by molar-refractivity contribution is 7.91. The SMILES string of the molecule is CCNCCN(CC)CCS(=O)(=O)c1ccccc1.